The van der Waals surface area contributed by atoms with Crippen molar-refractivity contribution in [2.24, 2.45) is 0 Å². The fourth-order valence-corrected chi connectivity index (χ4v) is 0.754. The monoisotopic (exact) mass is 494 g/mol. The smallest absolute Gasteiger partial charge is 0.450 e. The van der Waals surface area contributed by atoms with Gasteiger partial charge in [0.15, 0.2) is 0 Å². The van der Waals surface area contributed by atoms with Crippen molar-refractivity contribution < 1.29 is 77.2 Å². The van der Waals surface area contributed by atoms with Crippen LogP contribution in [-0.4, -0.2) is 91.9 Å². The van der Waals surface area contributed by atoms with Gasteiger partial charge in [0.2, 0.25) is 0 Å². The predicted molar refractivity (Wildman–Crippen MR) is 107 cm³/mol. The summed E-state index contributed by atoms with van der Waals surface area (Å²) in [6.07, 6.45) is -4.02. The zero-order chi connectivity index (χ0) is 27.1. The lowest BCUT2D eigenvalue weighted by Crippen LogP contribution is -2.10. The van der Waals surface area contributed by atoms with E-state index in [9.17, 15) is 23.6 Å². The maximum absolute atomic E-state index is 10.5. The third-order valence-electron chi connectivity index (χ3n) is 1.72. The second-order valence-corrected chi connectivity index (χ2v) is 4.27. The number of rotatable bonds is 7. The van der Waals surface area contributed by atoms with Crippen LogP contribution in [0.15, 0.2) is 12.9 Å². The Labute approximate surface area is 189 Å². The van der Waals surface area contributed by atoms with Crippen LogP contribution < -0.4 is 0 Å². The average Bonchev–Trinajstić information content (AvgIpc) is 2.74. The quantitative estimate of drug-likeness (QED) is 0.222. The molecule has 0 aliphatic heterocycles. The van der Waals surface area contributed by atoms with Gasteiger partial charge in [0, 0.05) is 0 Å². The number of halogens is 1. The van der Waals surface area contributed by atoms with Crippen LogP contribution in [-0.2, 0) is 28.4 Å². The summed E-state index contributed by atoms with van der Waals surface area (Å²) in [5.74, 6) is 0. The van der Waals surface area contributed by atoms with Gasteiger partial charge in [0.1, 0.15) is 13.2 Å². The number of ether oxygens (including phenoxy) is 6. The van der Waals surface area contributed by atoms with E-state index in [0.717, 1.165) is 12.8 Å². The molecule has 0 fully saturated rings. The van der Waals surface area contributed by atoms with Gasteiger partial charge in [-0.25, -0.2) is 28.4 Å². The van der Waals surface area contributed by atoms with Crippen LogP contribution in [0.4, 0.5) is 28.4 Å². The maximum atomic E-state index is 10.5. The molecule has 0 aliphatic rings. The van der Waals surface area contributed by atoms with Gasteiger partial charge in [0.25, 0.3) is 0 Å². The van der Waals surface area contributed by atoms with E-state index in [-0.39, 0.29) is 19.5 Å². The molecular weight excluding hydrogens is 463 g/mol. The van der Waals surface area contributed by atoms with Gasteiger partial charge in [-0.2, -0.15) is 0 Å². The highest BCUT2D eigenvalue weighted by molar-refractivity contribution is 5.59. The normalized spacial score (nSPS) is 7.67. The second-order valence-electron chi connectivity index (χ2n) is 4.27. The molecule has 0 rings (SSSR count). The minimum atomic E-state index is -1.83. The van der Waals surface area contributed by atoms with Crippen molar-refractivity contribution in [1.29, 1.82) is 0 Å². The van der Waals surface area contributed by atoms with E-state index >= 15 is 0 Å². The van der Waals surface area contributed by atoms with Gasteiger partial charge in [-0.1, -0.05) is 20.4 Å². The number of hydrogen-bond acceptors (Lipinski definition) is 11. The maximum Gasteiger partial charge on any atom is 0.508 e. The number of hydrogen-bond donors (Lipinski definition) is 4. The Morgan fingerprint density at radius 3 is 1.12 bits per heavy atom. The van der Waals surface area contributed by atoms with E-state index in [1.807, 2.05) is 13.8 Å². The molecule has 0 spiro atoms. The van der Waals surface area contributed by atoms with Gasteiger partial charge in [-0.05, 0) is 12.8 Å². The SMILES string of the molecule is C=CF.CCCOC(=O)OCCC.COC(=O)OC.O=C(O)O.O=C(O)OCCOC(=O)O. The standard InChI is InChI=1S/C7H14O3.C4H6O6.C3H6O3.C2H3F.CH2O3/c1-3-5-9-7(8)10-6-4-2;5-3(6)9-1-2-10-4(7)8;1-5-3(4)6-2;1-2-3;2-1(3)4/h3-6H2,1-2H3;1-2H2,(H,5,6)(H,7,8);1-2H3;2H,1H2;(H2,2,3,4). The second kappa shape index (κ2) is 35.5. The van der Waals surface area contributed by atoms with E-state index in [4.69, 9.17) is 25.2 Å². The van der Waals surface area contributed by atoms with Gasteiger partial charge in [-0.15, -0.1) is 0 Å². The van der Waals surface area contributed by atoms with Gasteiger partial charge in [0.05, 0.1) is 33.8 Å². The van der Waals surface area contributed by atoms with Crippen LogP contribution in [0, 0.1) is 0 Å². The molecule has 0 atom stereocenters. The first-order valence-corrected chi connectivity index (χ1v) is 8.65. The van der Waals surface area contributed by atoms with E-state index < -0.39 is 30.8 Å². The molecule has 0 radical (unpaired) electrons. The first-order chi connectivity index (χ1) is 15.4. The summed E-state index contributed by atoms with van der Waals surface area (Å²) in [4.78, 5) is 48.0. The molecular formula is C17H31FO15. The molecule has 0 saturated carbocycles. The van der Waals surface area contributed by atoms with E-state index in [1.54, 1.807) is 0 Å². The lowest BCUT2D eigenvalue weighted by molar-refractivity contribution is 0.0472. The zero-order valence-electron chi connectivity index (χ0n) is 18.7. The number of methoxy groups -OCH3 is 2. The predicted octanol–water partition coefficient (Wildman–Crippen LogP) is 4.06. The summed E-state index contributed by atoms with van der Waals surface area (Å²) in [7, 11) is 2.51. The Morgan fingerprint density at radius 2 is 0.970 bits per heavy atom. The van der Waals surface area contributed by atoms with Crippen molar-refractivity contribution in [2.75, 3.05) is 40.6 Å². The van der Waals surface area contributed by atoms with Crippen LogP contribution in [0.5, 0.6) is 0 Å². The van der Waals surface area contributed by atoms with E-state index in [0.29, 0.717) is 13.2 Å². The molecule has 0 amide bonds. The summed E-state index contributed by atoms with van der Waals surface area (Å²) >= 11 is 0. The average molecular weight is 494 g/mol. The van der Waals surface area contributed by atoms with E-state index in [1.165, 1.54) is 14.2 Å². The summed E-state index contributed by atoms with van der Waals surface area (Å²) in [5, 5.41) is 29.7. The minimum Gasteiger partial charge on any atom is -0.450 e. The van der Waals surface area contributed by atoms with Crippen molar-refractivity contribution >= 4 is 30.8 Å². The molecule has 0 unspecified atom stereocenters. The minimum absolute atomic E-state index is 0.250. The van der Waals surface area contributed by atoms with Crippen LogP contribution in [0.3, 0.4) is 0 Å². The molecule has 15 nitrogen and oxygen atoms in total. The van der Waals surface area contributed by atoms with Gasteiger partial charge in [-0.3, -0.25) is 0 Å². The third-order valence-corrected chi connectivity index (χ3v) is 1.72. The molecule has 4 N–H and O–H groups in total. The largest absolute Gasteiger partial charge is 0.508 e. The summed E-state index contributed by atoms with van der Waals surface area (Å²) < 4.78 is 35.2. The van der Waals surface area contributed by atoms with Crippen molar-refractivity contribution in [2.45, 2.75) is 26.7 Å². The van der Waals surface area contributed by atoms with Gasteiger partial charge >= 0.3 is 30.8 Å². The van der Waals surface area contributed by atoms with Crippen LogP contribution in [0.25, 0.3) is 0 Å². The molecule has 33 heavy (non-hydrogen) atoms. The highest BCUT2D eigenvalue weighted by Gasteiger charge is 1.99. The van der Waals surface area contributed by atoms with Crippen molar-refractivity contribution in [3.05, 3.63) is 12.9 Å². The summed E-state index contributed by atoms with van der Waals surface area (Å²) in [5.41, 5.74) is 0. The van der Waals surface area contributed by atoms with Gasteiger partial charge < -0.3 is 48.8 Å². The fraction of sp³-hybridized carbons (Fsp3) is 0.588. The summed E-state index contributed by atoms with van der Waals surface area (Å²) in [6, 6.07) is 0. The Hall–Kier alpha value is -3.98. The third kappa shape index (κ3) is 84.1. The molecule has 0 bridgehead atoms. The molecule has 0 aromatic rings. The molecule has 196 valence electrons. The highest BCUT2D eigenvalue weighted by atomic mass is 19.1. The Bertz CT molecular complexity index is 475. The van der Waals surface area contributed by atoms with Crippen molar-refractivity contribution in [1.82, 2.24) is 0 Å². The lowest BCUT2D eigenvalue weighted by atomic mass is 10.5. The first kappa shape index (κ1) is 39.5. The molecule has 0 aliphatic carbocycles. The van der Waals surface area contributed by atoms with Crippen LogP contribution >= 0.6 is 0 Å². The lowest BCUT2D eigenvalue weighted by Gasteiger charge is -2.02. The van der Waals surface area contributed by atoms with Crippen LogP contribution in [0.2, 0.25) is 0 Å². The molecule has 0 saturated heterocycles. The zero-order valence-corrected chi connectivity index (χ0v) is 18.7. The molecule has 0 aromatic carbocycles. The van der Waals surface area contributed by atoms with Crippen molar-refractivity contribution in [3.63, 3.8) is 0 Å². The Morgan fingerprint density at radius 1 is 0.697 bits per heavy atom. The number of carboxylic acid groups (broad SMARTS) is 4. The number of carbonyl (C=O) groups excluding carboxylic acids is 2. The van der Waals surface area contributed by atoms with Crippen molar-refractivity contribution in [3.8, 4) is 0 Å². The highest BCUT2D eigenvalue weighted by Crippen LogP contribution is 1.88. The Balaban J connectivity index is -0.000000106. The molecule has 0 heterocycles. The van der Waals surface area contributed by atoms with E-state index in [2.05, 4.69) is 35.0 Å². The topological polar surface area (TPSA) is 222 Å². The Kier molecular flexibility index (Phi) is 42.4. The molecule has 0 aromatic heterocycles. The molecule has 16 heteroatoms. The fourth-order valence-electron chi connectivity index (χ4n) is 0.754. The number of carbonyl (C=O) groups is 5. The van der Waals surface area contributed by atoms with Crippen LogP contribution in [0.1, 0.15) is 26.7 Å². The first-order valence-electron chi connectivity index (χ1n) is 8.65. The summed E-state index contributed by atoms with van der Waals surface area (Å²) in [6.45, 7) is 6.91.